The van der Waals surface area contributed by atoms with Crippen molar-refractivity contribution in [2.75, 3.05) is 24.8 Å². The van der Waals surface area contributed by atoms with E-state index >= 15 is 0 Å². The highest BCUT2D eigenvalue weighted by atomic mass is 16.7. The maximum atomic E-state index is 13.6. The van der Waals surface area contributed by atoms with Crippen LogP contribution in [0.2, 0.25) is 0 Å². The van der Waals surface area contributed by atoms with Crippen molar-refractivity contribution in [3.8, 4) is 5.69 Å². The van der Waals surface area contributed by atoms with Crippen molar-refractivity contribution in [3.63, 3.8) is 0 Å². The fourth-order valence-electron chi connectivity index (χ4n) is 3.72. The van der Waals surface area contributed by atoms with Gasteiger partial charge in [-0.05, 0) is 52.0 Å². The number of aromatic nitrogens is 4. The number of carbonyl (C=O) groups is 1. The molecule has 0 spiro atoms. The number of hydrogen-bond donors (Lipinski definition) is 0. The Bertz CT molecular complexity index is 1030. The number of nitrogens with zero attached hydrogens (tertiary/aromatic N) is 6. The summed E-state index contributed by atoms with van der Waals surface area (Å²) in [5.41, 5.74) is 5.10. The van der Waals surface area contributed by atoms with E-state index in [4.69, 9.17) is 4.84 Å². The van der Waals surface area contributed by atoms with Crippen LogP contribution in [-0.4, -0.2) is 56.5 Å². The molecule has 4 rings (SSSR count). The highest BCUT2D eigenvalue weighted by Gasteiger charge is 2.29. The average Bonchev–Trinajstić information content (AvgIpc) is 3.16. The first-order valence-electron chi connectivity index (χ1n) is 10.1. The maximum Gasteiger partial charge on any atom is 0.256 e. The number of anilines is 1. The third kappa shape index (κ3) is 4.04. The quantitative estimate of drug-likeness (QED) is 0.666. The van der Waals surface area contributed by atoms with E-state index in [1.54, 1.807) is 12.4 Å². The zero-order valence-corrected chi connectivity index (χ0v) is 17.7. The molecule has 30 heavy (non-hydrogen) atoms. The Morgan fingerprint density at radius 3 is 2.43 bits per heavy atom. The van der Waals surface area contributed by atoms with E-state index in [1.165, 1.54) is 4.80 Å². The van der Waals surface area contributed by atoms with E-state index in [0.717, 1.165) is 22.6 Å². The van der Waals surface area contributed by atoms with Crippen LogP contribution in [0.15, 0.2) is 42.7 Å². The molecule has 8 nitrogen and oxygen atoms in total. The molecule has 2 aromatic heterocycles. The van der Waals surface area contributed by atoms with E-state index in [2.05, 4.69) is 15.2 Å². The van der Waals surface area contributed by atoms with Gasteiger partial charge in [0.05, 0.1) is 48.5 Å². The van der Waals surface area contributed by atoms with Crippen LogP contribution in [0, 0.1) is 20.8 Å². The first-order valence-corrected chi connectivity index (χ1v) is 10.1. The van der Waals surface area contributed by atoms with E-state index in [0.29, 0.717) is 30.9 Å². The van der Waals surface area contributed by atoms with Crippen molar-refractivity contribution in [1.29, 1.82) is 0 Å². The zero-order chi connectivity index (χ0) is 21.3. The van der Waals surface area contributed by atoms with Crippen molar-refractivity contribution >= 4 is 11.6 Å². The molecule has 156 valence electrons. The topological polar surface area (TPSA) is 76.4 Å². The van der Waals surface area contributed by atoms with Gasteiger partial charge in [0.2, 0.25) is 0 Å². The van der Waals surface area contributed by atoms with Crippen molar-refractivity contribution in [2.24, 2.45) is 0 Å². The van der Waals surface area contributed by atoms with Crippen LogP contribution in [0.25, 0.3) is 5.69 Å². The van der Waals surface area contributed by atoms with Crippen molar-refractivity contribution in [2.45, 2.75) is 33.7 Å². The molecular formula is C22H26N6O2. The molecule has 1 aliphatic rings. The number of benzene rings is 1. The van der Waals surface area contributed by atoms with Gasteiger partial charge in [0.1, 0.15) is 0 Å². The molecule has 1 aliphatic heterocycles. The standard InChI is InChI=1S/C22H26N6O2/c1-15-5-6-21(28-23-7-8-24-28)20(11-15)22(29)26-9-10-27(30-14-18(26)4)19-12-16(2)25-17(3)13-19/h5-8,11-13,18H,9-10,14H2,1-4H3/t18-/m1/s1. The zero-order valence-electron chi connectivity index (χ0n) is 17.7. The van der Waals surface area contributed by atoms with Crippen molar-refractivity contribution in [3.05, 3.63) is 65.2 Å². The molecule has 0 saturated carbocycles. The lowest BCUT2D eigenvalue weighted by atomic mass is 10.1. The number of hydrogen-bond acceptors (Lipinski definition) is 6. The largest absolute Gasteiger partial charge is 0.332 e. The Kier molecular flexibility index (Phi) is 5.50. The monoisotopic (exact) mass is 406 g/mol. The summed E-state index contributed by atoms with van der Waals surface area (Å²) in [5, 5.41) is 10.3. The molecular weight excluding hydrogens is 380 g/mol. The highest BCUT2D eigenvalue weighted by Crippen LogP contribution is 2.23. The second-order valence-electron chi connectivity index (χ2n) is 7.69. The Labute approximate surface area is 176 Å². The first-order chi connectivity index (χ1) is 14.4. The van der Waals surface area contributed by atoms with Crippen LogP contribution in [0.4, 0.5) is 5.69 Å². The van der Waals surface area contributed by atoms with E-state index in [9.17, 15) is 4.79 Å². The maximum absolute atomic E-state index is 13.6. The summed E-state index contributed by atoms with van der Waals surface area (Å²) in [6.45, 7) is 9.44. The summed E-state index contributed by atoms with van der Waals surface area (Å²) in [6, 6.07) is 9.66. The molecule has 0 aliphatic carbocycles. The van der Waals surface area contributed by atoms with Crippen LogP contribution < -0.4 is 5.06 Å². The number of pyridine rings is 1. The second kappa shape index (κ2) is 8.23. The fourth-order valence-corrected chi connectivity index (χ4v) is 3.72. The summed E-state index contributed by atoms with van der Waals surface area (Å²) in [6.07, 6.45) is 3.21. The van der Waals surface area contributed by atoms with Crippen LogP contribution in [-0.2, 0) is 4.84 Å². The predicted molar refractivity (Wildman–Crippen MR) is 114 cm³/mol. The first kappa shape index (κ1) is 20.0. The Morgan fingerprint density at radius 1 is 1.03 bits per heavy atom. The highest BCUT2D eigenvalue weighted by molar-refractivity contribution is 5.98. The number of hydroxylamine groups is 1. The van der Waals surface area contributed by atoms with Gasteiger partial charge in [0.15, 0.2) is 0 Å². The number of amides is 1. The van der Waals surface area contributed by atoms with Gasteiger partial charge in [-0.1, -0.05) is 11.6 Å². The molecule has 0 N–H and O–H groups in total. The minimum absolute atomic E-state index is 0.0500. The van der Waals surface area contributed by atoms with Gasteiger partial charge in [-0.25, -0.2) is 0 Å². The van der Waals surface area contributed by atoms with Crippen molar-refractivity contribution in [1.82, 2.24) is 24.9 Å². The lowest BCUT2D eigenvalue weighted by molar-refractivity contribution is 0.0602. The van der Waals surface area contributed by atoms with E-state index in [-0.39, 0.29) is 11.9 Å². The Balaban J connectivity index is 1.60. The lowest BCUT2D eigenvalue weighted by Gasteiger charge is -2.26. The Hall–Kier alpha value is -3.26. The SMILES string of the molecule is Cc1ccc(-n2nccn2)c(C(=O)N2CCN(c3cc(C)nc(C)c3)OC[C@H]2C)c1. The van der Waals surface area contributed by atoms with Gasteiger partial charge >= 0.3 is 0 Å². The van der Waals surface area contributed by atoms with E-state index < -0.39 is 0 Å². The number of rotatable bonds is 3. The smallest absolute Gasteiger partial charge is 0.256 e. The average molecular weight is 406 g/mol. The minimum atomic E-state index is -0.0783. The molecule has 8 heteroatoms. The molecule has 1 atom stereocenters. The summed E-state index contributed by atoms with van der Waals surface area (Å²) in [4.78, 5) is 27.4. The molecule has 1 aromatic carbocycles. The van der Waals surface area contributed by atoms with Gasteiger partial charge in [0.25, 0.3) is 5.91 Å². The molecule has 1 fully saturated rings. The number of carbonyl (C=O) groups excluding carboxylic acids is 1. The summed E-state index contributed by atoms with van der Waals surface area (Å²) in [5.74, 6) is -0.0500. The van der Waals surface area contributed by atoms with Gasteiger partial charge in [-0.3, -0.25) is 19.7 Å². The minimum Gasteiger partial charge on any atom is -0.332 e. The van der Waals surface area contributed by atoms with Crippen LogP contribution >= 0.6 is 0 Å². The predicted octanol–water partition coefficient (Wildman–Crippen LogP) is 2.87. The number of aryl methyl sites for hydroxylation is 3. The third-order valence-electron chi connectivity index (χ3n) is 5.18. The summed E-state index contributed by atoms with van der Waals surface area (Å²) < 4.78 is 0. The summed E-state index contributed by atoms with van der Waals surface area (Å²) >= 11 is 0. The molecule has 0 bridgehead atoms. The molecule has 0 radical (unpaired) electrons. The van der Waals surface area contributed by atoms with Gasteiger partial charge in [0, 0.05) is 17.9 Å². The van der Waals surface area contributed by atoms with Gasteiger partial charge in [-0.15, -0.1) is 0 Å². The van der Waals surface area contributed by atoms with Crippen molar-refractivity contribution < 1.29 is 9.63 Å². The molecule has 1 saturated heterocycles. The third-order valence-corrected chi connectivity index (χ3v) is 5.18. The normalized spacial score (nSPS) is 17.1. The molecule has 3 heterocycles. The second-order valence-corrected chi connectivity index (χ2v) is 7.69. The molecule has 1 amide bonds. The lowest BCUT2D eigenvalue weighted by Crippen LogP contribution is -2.41. The fraction of sp³-hybridized carbons (Fsp3) is 0.364. The molecule has 3 aromatic rings. The van der Waals surface area contributed by atoms with Crippen LogP contribution in [0.1, 0.15) is 34.2 Å². The Morgan fingerprint density at radius 2 is 1.73 bits per heavy atom. The van der Waals surface area contributed by atoms with Gasteiger partial charge in [-0.2, -0.15) is 15.0 Å². The van der Waals surface area contributed by atoms with Crippen LogP contribution in [0.3, 0.4) is 0 Å². The van der Waals surface area contributed by atoms with Crippen LogP contribution in [0.5, 0.6) is 0 Å². The van der Waals surface area contributed by atoms with Gasteiger partial charge < -0.3 is 4.90 Å². The van der Waals surface area contributed by atoms with E-state index in [1.807, 2.05) is 68.0 Å². The molecule has 0 unspecified atom stereocenters. The summed E-state index contributed by atoms with van der Waals surface area (Å²) in [7, 11) is 0.